The number of para-hydroxylation sites is 1. The molecule has 0 radical (unpaired) electrons. The predicted molar refractivity (Wildman–Crippen MR) is 171 cm³/mol. The Bertz CT molecular complexity index is 1690. The SMILES string of the molecule is CCOc1cc(/C=C2/SC(=O)N(CC(=O)Nc3ccccc3Cl)C2=O)cc(I)c1OCc1ccc2ccccc2c1. The number of thioether (sulfide) groups is 1. The minimum atomic E-state index is -0.543. The minimum Gasteiger partial charge on any atom is -0.490 e. The number of carbonyl (C=O) groups excluding carboxylic acids is 3. The zero-order valence-corrected chi connectivity index (χ0v) is 25.6. The zero-order valence-electron chi connectivity index (χ0n) is 21.9. The molecule has 0 aromatic heterocycles. The third kappa shape index (κ3) is 6.86. The van der Waals surface area contributed by atoms with Crippen LogP contribution in [0.3, 0.4) is 0 Å². The van der Waals surface area contributed by atoms with Gasteiger partial charge in [0.15, 0.2) is 11.5 Å². The van der Waals surface area contributed by atoms with Crippen molar-refractivity contribution < 1.29 is 23.9 Å². The molecule has 0 saturated carbocycles. The topological polar surface area (TPSA) is 84.9 Å². The van der Waals surface area contributed by atoms with Gasteiger partial charge in [-0.15, -0.1) is 0 Å². The Morgan fingerprint density at radius 2 is 1.76 bits per heavy atom. The molecule has 0 bridgehead atoms. The quantitative estimate of drug-likeness (QED) is 0.142. The number of fused-ring (bicyclic) bond motifs is 1. The molecule has 1 aliphatic rings. The number of amides is 3. The molecule has 1 saturated heterocycles. The number of carbonyl (C=O) groups is 3. The molecular formula is C31H24ClIN2O5S. The first-order valence-corrected chi connectivity index (χ1v) is 15.0. The number of ether oxygens (including phenoxy) is 2. The van der Waals surface area contributed by atoms with Crippen LogP contribution in [0.15, 0.2) is 83.8 Å². The van der Waals surface area contributed by atoms with Gasteiger partial charge >= 0.3 is 0 Å². The van der Waals surface area contributed by atoms with Gasteiger partial charge in [-0.25, -0.2) is 0 Å². The second-order valence-electron chi connectivity index (χ2n) is 9.03. The van der Waals surface area contributed by atoms with Crippen molar-refractivity contribution >= 4 is 85.5 Å². The van der Waals surface area contributed by atoms with Crippen LogP contribution in [0, 0.1) is 3.57 Å². The summed E-state index contributed by atoms with van der Waals surface area (Å²) in [6, 6.07) is 24.7. The largest absolute Gasteiger partial charge is 0.490 e. The van der Waals surface area contributed by atoms with Crippen molar-refractivity contribution in [1.82, 2.24) is 4.90 Å². The van der Waals surface area contributed by atoms with E-state index in [0.29, 0.717) is 41.0 Å². The number of rotatable bonds is 9. The fourth-order valence-corrected chi connectivity index (χ4v) is 6.04. The van der Waals surface area contributed by atoms with E-state index in [0.717, 1.165) is 36.6 Å². The summed E-state index contributed by atoms with van der Waals surface area (Å²) in [5.41, 5.74) is 2.10. The van der Waals surface area contributed by atoms with Gasteiger partial charge in [0.1, 0.15) is 13.2 Å². The van der Waals surface area contributed by atoms with Gasteiger partial charge < -0.3 is 14.8 Å². The third-order valence-corrected chi connectivity index (χ3v) is 8.19. The van der Waals surface area contributed by atoms with Crippen molar-refractivity contribution in [1.29, 1.82) is 0 Å². The molecule has 1 fully saturated rings. The molecular weight excluding hydrogens is 675 g/mol. The van der Waals surface area contributed by atoms with E-state index in [1.165, 1.54) is 0 Å². The summed E-state index contributed by atoms with van der Waals surface area (Å²) in [5, 5.41) is 4.77. The van der Waals surface area contributed by atoms with E-state index in [4.69, 9.17) is 21.1 Å². The lowest BCUT2D eigenvalue weighted by molar-refractivity contribution is -0.127. The maximum Gasteiger partial charge on any atom is 0.294 e. The number of nitrogens with zero attached hydrogens (tertiary/aromatic N) is 1. The first-order valence-electron chi connectivity index (χ1n) is 12.7. The molecule has 0 spiro atoms. The first-order chi connectivity index (χ1) is 19.8. The Morgan fingerprint density at radius 1 is 1.00 bits per heavy atom. The number of halogens is 2. The van der Waals surface area contributed by atoms with Crippen LogP contribution < -0.4 is 14.8 Å². The molecule has 10 heteroatoms. The Kier molecular flexibility index (Phi) is 9.16. The van der Waals surface area contributed by atoms with E-state index in [9.17, 15) is 14.4 Å². The average Bonchev–Trinajstić information content (AvgIpc) is 3.21. The van der Waals surface area contributed by atoms with Crippen molar-refractivity contribution in [2.75, 3.05) is 18.5 Å². The van der Waals surface area contributed by atoms with E-state index >= 15 is 0 Å². The highest BCUT2D eigenvalue weighted by atomic mass is 127. The first kappa shape index (κ1) is 29.0. The number of benzene rings is 4. The van der Waals surface area contributed by atoms with Gasteiger partial charge in [0.25, 0.3) is 11.1 Å². The lowest BCUT2D eigenvalue weighted by Crippen LogP contribution is -2.36. The maximum atomic E-state index is 13.0. The number of anilines is 1. The van der Waals surface area contributed by atoms with Crippen LogP contribution in [0.2, 0.25) is 5.02 Å². The summed E-state index contributed by atoms with van der Waals surface area (Å²) in [6.45, 7) is 2.24. The van der Waals surface area contributed by atoms with Crippen molar-refractivity contribution in [2.24, 2.45) is 0 Å². The number of imide groups is 1. The highest BCUT2D eigenvalue weighted by Crippen LogP contribution is 2.38. The number of nitrogens with one attached hydrogen (secondary N) is 1. The Labute approximate surface area is 260 Å². The second-order valence-corrected chi connectivity index (χ2v) is 11.6. The molecule has 208 valence electrons. The predicted octanol–water partition coefficient (Wildman–Crippen LogP) is 7.75. The van der Waals surface area contributed by atoms with Gasteiger partial charge in [0.05, 0.1) is 25.8 Å². The summed E-state index contributed by atoms with van der Waals surface area (Å²) in [7, 11) is 0. The lowest BCUT2D eigenvalue weighted by atomic mass is 10.1. The highest BCUT2D eigenvalue weighted by molar-refractivity contribution is 14.1. The molecule has 1 heterocycles. The molecule has 1 aliphatic heterocycles. The van der Waals surface area contributed by atoms with Gasteiger partial charge in [-0.1, -0.05) is 60.1 Å². The summed E-state index contributed by atoms with van der Waals surface area (Å²) in [6.07, 6.45) is 1.62. The van der Waals surface area contributed by atoms with Gasteiger partial charge in [-0.05, 0) is 99.6 Å². The summed E-state index contributed by atoms with van der Waals surface area (Å²) in [5.74, 6) is 0.0635. The fraction of sp³-hybridized carbons (Fsp3) is 0.129. The highest BCUT2D eigenvalue weighted by Gasteiger charge is 2.36. The van der Waals surface area contributed by atoms with E-state index in [1.54, 1.807) is 36.4 Å². The lowest BCUT2D eigenvalue weighted by Gasteiger charge is -2.15. The minimum absolute atomic E-state index is 0.212. The van der Waals surface area contributed by atoms with Crippen molar-refractivity contribution in [3.8, 4) is 11.5 Å². The average molecular weight is 699 g/mol. The molecule has 4 aromatic rings. The standard InChI is InChI=1S/C31H24ClIN2O5S/c1-2-39-26-15-20(14-24(33)29(26)40-18-19-11-12-21-7-3-4-8-22(21)13-19)16-27-30(37)35(31(38)41-27)17-28(36)34-25-10-6-5-9-23(25)32/h3-16H,2,17-18H2,1H3,(H,34,36)/b27-16+. The van der Waals surface area contributed by atoms with E-state index < -0.39 is 23.6 Å². The summed E-state index contributed by atoms with van der Waals surface area (Å²) >= 11 is 9.05. The van der Waals surface area contributed by atoms with E-state index in [2.05, 4.69) is 52.2 Å². The van der Waals surface area contributed by atoms with Crippen LogP contribution in [0.5, 0.6) is 11.5 Å². The summed E-state index contributed by atoms with van der Waals surface area (Å²) < 4.78 is 12.9. The molecule has 4 aromatic carbocycles. The maximum absolute atomic E-state index is 13.0. The van der Waals surface area contributed by atoms with E-state index in [-0.39, 0.29) is 4.91 Å². The van der Waals surface area contributed by atoms with Crippen LogP contribution in [-0.4, -0.2) is 35.1 Å². The van der Waals surface area contributed by atoms with E-state index in [1.807, 2.05) is 31.2 Å². The van der Waals surface area contributed by atoms with Crippen LogP contribution >= 0.6 is 46.0 Å². The molecule has 5 rings (SSSR count). The number of hydrogen-bond donors (Lipinski definition) is 1. The smallest absolute Gasteiger partial charge is 0.294 e. The van der Waals surface area contributed by atoms with Crippen LogP contribution in [0.4, 0.5) is 10.5 Å². The molecule has 1 N–H and O–H groups in total. The molecule has 0 aliphatic carbocycles. The van der Waals surface area contributed by atoms with Crippen molar-refractivity contribution in [3.05, 3.63) is 103 Å². The Hall–Kier alpha value is -3.54. The fourth-order valence-electron chi connectivity index (χ4n) is 4.24. The molecule has 7 nitrogen and oxygen atoms in total. The number of hydrogen-bond acceptors (Lipinski definition) is 6. The van der Waals surface area contributed by atoms with Gasteiger partial charge in [-0.2, -0.15) is 0 Å². The summed E-state index contributed by atoms with van der Waals surface area (Å²) in [4.78, 5) is 39.3. The monoisotopic (exact) mass is 698 g/mol. The molecule has 0 unspecified atom stereocenters. The molecule has 0 atom stereocenters. The van der Waals surface area contributed by atoms with Gasteiger partial charge in [-0.3, -0.25) is 19.3 Å². The van der Waals surface area contributed by atoms with Crippen LogP contribution in [0.1, 0.15) is 18.1 Å². The Balaban J connectivity index is 1.31. The third-order valence-electron chi connectivity index (χ3n) is 6.15. The van der Waals surface area contributed by atoms with Gasteiger partial charge in [0, 0.05) is 0 Å². The zero-order chi connectivity index (χ0) is 28.9. The van der Waals surface area contributed by atoms with Crippen molar-refractivity contribution in [2.45, 2.75) is 13.5 Å². The molecule has 41 heavy (non-hydrogen) atoms. The van der Waals surface area contributed by atoms with Crippen molar-refractivity contribution in [3.63, 3.8) is 0 Å². The Morgan fingerprint density at radius 3 is 2.54 bits per heavy atom. The van der Waals surface area contributed by atoms with Crippen LogP contribution in [-0.2, 0) is 16.2 Å². The second kappa shape index (κ2) is 13.0. The normalized spacial score (nSPS) is 14.1. The molecule has 3 amide bonds. The van der Waals surface area contributed by atoms with Crippen LogP contribution in [0.25, 0.3) is 16.8 Å². The van der Waals surface area contributed by atoms with Gasteiger partial charge in [0.2, 0.25) is 5.91 Å².